The topological polar surface area (TPSA) is 144 Å². The van der Waals surface area contributed by atoms with Gasteiger partial charge in [0.2, 0.25) is 0 Å². The summed E-state index contributed by atoms with van der Waals surface area (Å²) >= 11 is 0. The first-order chi connectivity index (χ1) is 16.8. The Labute approximate surface area is 201 Å². The van der Waals surface area contributed by atoms with Crippen LogP contribution in [0.2, 0.25) is 0 Å². The first-order valence-electron chi connectivity index (χ1n) is 10.5. The molecule has 180 valence electrons. The van der Waals surface area contributed by atoms with E-state index in [9.17, 15) is 18.0 Å². The minimum Gasteiger partial charge on any atom is -0.494 e. The smallest absolute Gasteiger partial charge is 0.275 e. The SMILES string of the molecule is CCOc1ccc(S(=O)(=O)Nc2ccc(C(=O)NNC(=O)c3c(C)nn4cccnc34)cc2)cc1. The molecule has 0 bridgehead atoms. The number of nitrogens with zero attached hydrogens (tertiary/aromatic N) is 3. The summed E-state index contributed by atoms with van der Waals surface area (Å²) in [5.74, 6) is -0.576. The maximum atomic E-state index is 12.6. The molecule has 4 rings (SSSR count). The predicted molar refractivity (Wildman–Crippen MR) is 128 cm³/mol. The van der Waals surface area contributed by atoms with Crippen LogP contribution >= 0.6 is 0 Å². The third kappa shape index (κ3) is 5.22. The van der Waals surface area contributed by atoms with E-state index < -0.39 is 21.8 Å². The van der Waals surface area contributed by atoms with Gasteiger partial charge in [0.15, 0.2) is 5.65 Å². The van der Waals surface area contributed by atoms with Crippen molar-refractivity contribution in [2.45, 2.75) is 18.7 Å². The molecule has 0 aliphatic carbocycles. The first-order valence-corrected chi connectivity index (χ1v) is 12.0. The Morgan fingerprint density at radius 1 is 1.00 bits per heavy atom. The summed E-state index contributed by atoms with van der Waals surface area (Å²) in [7, 11) is -3.82. The normalized spacial score (nSPS) is 11.1. The van der Waals surface area contributed by atoms with Gasteiger partial charge in [-0.3, -0.25) is 25.2 Å². The van der Waals surface area contributed by atoms with Crippen molar-refractivity contribution in [1.29, 1.82) is 0 Å². The number of aryl methyl sites for hydroxylation is 1. The minimum atomic E-state index is -3.82. The first kappa shape index (κ1) is 23.7. The molecule has 0 unspecified atom stereocenters. The third-order valence-electron chi connectivity index (χ3n) is 4.93. The van der Waals surface area contributed by atoms with E-state index in [1.807, 2.05) is 6.92 Å². The van der Waals surface area contributed by atoms with Crippen molar-refractivity contribution in [3.05, 3.63) is 83.8 Å². The van der Waals surface area contributed by atoms with E-state index in [1.54, 1.807) is 31.3 Å². The van der Waals surface area contributed by atoms with Crippen LogP contribution in [0.4, 0.5) is 5.69 Å². The van der Waals surface area contributed by atoms with E-state index in [4.69, 9.17) is 4.74 Å². The maximum Gasteiger partial charge on any atom is 0.275 e. The molecule has 2 heterocycles. The average molecular weight is 495 g/mol. The quantitative estimate of drug-likeness (QED) is 0.335. The number of ether oxygens (including phenoxy) is 1. The Morgan fingerprint density at radius 2 is 1.69 bits per heavy atom. The summed E-state index contributed by atoms with van der Waals surface area (Å²) in [5, 5.41) is 4.21. The van der Waals surface area contributed by atoms with Gasteiger partial charge in [-0.25, -0.2) is 17.9 Å². The second kappa shape index (κ2) is 9.81. The van der Waals surface area contributed by atoms with Crippen LogP contribution in [0.1, 0.15) is 33.3 Å². The van der Waals surface area contributed by atoms with Crippen molar-refractivity contribution in [1.82, 2.24) is 25.4 Å². The summed E-state index contributed by atoms with van der Waals surface area (Å²) in [5.41, 5.74) is 6.23. The molecule has 0 aliphatic heterocycles. The number of hydrazine groups is 1. The molecule has 4 aromatic rings. The van der Waals surface area contributed by atoms with E-state index in [0.29, 0.717) is 23.7 Å². The number of nitrogens with one attached hydrogen (secondary N) is 3. The summed E-state index contributed by atoms with van der Waals surface area (Å²) in [4.78, 5) is 29.3. The number of carbonyl (C=O) groups excluding carboxylic acids is 2. The molecule has 2 amide bonds. The zero-order valence-corrected chi connectivity index (χ0v) is 19.7. The van der Waals surface area contributed by atoms with E-state index in [0.717, 1.165) is 0 Å². The molecule has 0 saturated heterocycles. The van der Waals surface area contributed by atoms with E-state index in [1.165, 1.54) is 47.1 Å². The largest absolute Gasteiger partial charge is 0.494 e. The average Bonchev–Trinajstić information content (AvgIpc) is 3.19. The van der Waals surface area contributed by atoms with Crippen LogP contribution < -0.4 is 20.3 Å². The van der Waals surface area contributed by atoms with Gasteiger partial charge in [0.05, 0.1) is 17.2 Å². The molecule has 12 heteroatoms. The highest BCUT2D eigenvalue weighted by Crippen LogP contribution is 2.20. The molecule has 3 N–H and O–H groups in total. The molecule has 2 aromatic heterocycles. The number of hydrogen-bond acceptors (Lipinski definition) is 7. The monoisotopic (exact) mass is 494 g/mol. The van der Waals surface area contributed by atoms with Crippen LogP contribution in [-0.2, 0) is 10.0 Å². The minimum absolute atomic E-state index is 0.0722. The lowest BCUT2D eigenvalue weighted by molar-refractivity contribution is 0.0847. The van der Waals surface area contributed by atoms with Gasteiger partial charge in [-0.1, -0.05) is 0 Å². The number of carbonyl (C=O) groups is 2. The molecule has 0 spiro atoms. The summed E-state index contributed by atoms with van der Waals surface area (Å²) in [6.45, 7) is 3.98. The predicted octanol–water partition coefficient (Wildman–Crippen LogP) is 2.31. The highest BCUT2D eigenvalue weighted by atomic mass is 32.2. The van der Waals surface area contributed by atoms with Crippen LogP contribution in [0.3, 0.4) is 0 Å². The molecular weight excluding hydrogens is 472 g/mol. The van der Waals surface area contributed by atoms with E-state index in [-0.39, 0.29) is 21.7 Å². The fourth-order valence-electron chi connectivity index (χ4n) is 3.30. The molecule has 0 aliphatic rings. The van der Waals surface area contributed by atoms with Crippen LogP contribution in [0, 0.1) is 6.92 Å². The van der Waals surface area contributed by atoms with Gasteiger partial charge in [0.1, 0.15) is 11.3 Å². The van der Waals surface area contributed by atoms with Crippen molar-refractivity contribution in [3.8, 4) is 5.75 Å². The Balaban J connectivity index is 1.38. The van der Waals surface area contributed by atoms with Crippen LogP contribution in [0.15, 0.2) is 71.9 Å². The summed E-state index contributed by atoms with van der Waals surface area (Å²) in [6.07, 6.45) is 3.20. The lowest BCUT2D eigenvalue weighted by atomic mass is 10.2. The standard InChI is InChI=1S/C23H22N6O5S/c1-3-34-18-9-11-19(12-10-18)35(32,33)28-17-7-5-16(6-8-17)22(30)25-26-23(31)20-15(2)27-29-14-4-13-24-21(20)29/h4-14,28H,3H2,1-2H3,(H,25,30)(H,26,31). The number of aromatic nitrogens is 3. The number of benzene rings is 2. The highest BCUT2D eigenvalue weighted by molar-refractivity contribution is 7.92. The lowest BCUT2D eigenvalue weighted by Gasteiger charge is -2.10. The molecule has 0 atom stereocenters. The molecular formula is C23H22N6O5S. The number of rotatable bonds is 7. The van der Waals surface area contributed by atoms with Crippen molar-refractivity contribution in [2.75, 3.05) is 11.3 Å². The fourth-order valence-corrected chi connectivity index (χ4v) is 4.35. The molecule has 11 nitrogen and oxygen atoms in total. The van der Waals surface area contributed by atoms with Gasteiger partial charge in [0.25, 0.3) is 21.8 Å². The Morgan fingerprint density at radius 3 is 2.37 bits per heavy atom. The van der Waals surface area contributed by atoms with Crippen LogP contribution in [0.25, 0.3) is 5.65 Å². The Hall–Kier alpha value is -4.45. The molecule has 0 fully saturated rings. The van der Waals surface area contributed by atoms with Gasteiger partial charge >= 0.3 is 0 Å². The number of hydrogen-bond donors (Lipinski definition) is 3. The second-order valence-electron chi connectivity index (χ2n) is 7.34. The van der Waals surface area contributed by atoms with Crippen LogP contribution in [-0.4, -0.2) is 41.4 Å². The molecule has 2 aromatic carbocycles. The molecule has 35 heavy (non-hydrogen) atoms. The second-order valence-corrected chi connectivity index (χ2v) is 9.03. The van der Waals surface area contributed by atoms with E-state index in [2.05, 4.69) is 25.7 Å². The van der Waals surface area contributed by atoms with Gasteiger partial charge in [0, 0.05) is 23.6 Å². The van der Waals surface area contributed by atoms with Crippen molar-refractivity contribution in [3.63, 3.8) is 0 Å². The Bertz CT molecular complexity index is 1480. The van der Waals surface area contributed by atoms with Gasteiger partial charge in [-0.05, 0) is 68.4 Å². The zero-order chi connectivity index (χ0) is 25.0. The summed E-state index contributed by atoms with van der Waals surface area (Å²) < 4.78 is 34.5. The van der Waals surface area contributed by atoms with Gasteiger partial charge in [-0.2, -0.15) is 5.10 Å². The molecule has 0 radical (unpaired) electrons. The third-order valence-corrected chi connectivity index (χ3v) is 6.33. The number of fused-ring (bicyclic) bond motifs is 1. The van der Waals surface area contributed by atoms with Crippen molar-refractivity contribution < 1.29 is 22.7 Å². The lowest BCUT2D eigenvalue weighted by Crippen LogP contribution is -2.41. The van der Waals surface area contributed by atoms with Gasteiger partial charge < -0.3 is 4.74 Å². The number of sulfonamides is 1. The van der Waals surface area contributed by atoms with Crippen molar-refractivity contribution in [2.24, 2.45) is 0 Å². The van der Waals surface area contributed by atoms with E-state index >= 15 is 0 Å². The van der Waals surface area contributed by atoms with Crippen molar-refractivity contribution >= 4 is 33.2 Å². The highest BCUT2D eigenvalue weighted by Gasteiger charge is 2.19. The summed E-state index contributed by atoms with van der Waals surface area (Å²) in [6, 6.07) is 13.5. The number of amides is 2. The fraction of sp³-hybridized carbons (Fsp3) is 0.130. The van der Waals surface area contributed by atoms with Gasteiger partial charge in [-0.15, -0.1) is 0 Å². The Kier molecular flexibility index (Phi) is 6.64. The zero-order valence-electron chi connectivity index (χ0n) is 18.8. The molecule has 0 saturated carbocycles. The van der Waals surface area contributed by atoms with Crippen LogP contribution in [0.5, 0.6) is 5.75 Å². The number of anilines is 1. The maximum absolute atomic E-state index is 12.6.